The third-order valence-electron chi connectivity index (χ3n) is 3.53. The van der Waals surface area contributed by atoms with Crippen LogP contribution in [0.25, 0.3) is 0 Å². The molecule has 2 nitrogen and oxygen atoms in total. The van der Waals surface area contributed by atoms with E-state index in [2.05, 4.69) is 35.0 Å². The summed E-state index contributed by atoms with van der Waals surface area (Å²) in [4.78, 5) is 0. The molecule has 1 saturated carbocycles. The zero-order valence-corrected chi connectivity index (χ0v) is 10.5. The van der Waals surface area contributed by atoms with Crippen molar-refractivity contribution >= 4 is 15.9 Å². The summed E-state index contributed by atoms with van der Waals surface area (Å²) in [5.41, 5.74) is 14.8. The van der Waals surface area contributed by atoms with Crippen LogP contribution in [0.3, 0.4) is 0 Å². The van der Waals surface area contributed by atoms with Gasteiger partial charge in [0.2, 0.25) is 0 Å². The molecule has 0 aliphatic heterocycles. The van der Waals surface area contributed by atoms with Crippen LogP contribution < -0.4 is 11.5 Å². The molecule has 1 aliphatic rings. The fourth-order valence-electron chi connectivity index (χ4n) is 2.08. The van der Waals surface area contributed by atoms with E-state index in [4.69, 9.17) is 11.5 Å². The van der Waals surface area contributed by atoms with Crippen LogP contribution in [0.1, 0.15) is 30.0 Å². The summed E-state index contributed by atoms with van der Waals surface area (Å²) in [6.45, 7) is 2.80. The first-order valence-electron chi connectivity index (χ1n) is 5.31. The Bertz CT molecular complexity index is 372. The maximum absolute atomic E-state index is 6.31. The summed E-state index contributed by atoms with van der Waals surface area (Å²) >= 11 is 3.49. The van der Waals surface area contributed by atoms with Gasteiger partial charge in [0.15, 0.2) is 0 Å². The van der Waals surface area contributed by atoms with Gasteiger partial charge in [0, 0.05) is 15.9 Å². The number of rotatable bonds is 3. The molecule has 1 aromatic rings. The predicted molar refractivity (Wildman–Crippen MR) is 66.5 cm³/mol. The van der Waals surface area contributed by atoms with Crippen molar-refractivity contribution in [3.05, 3.63) is 33.8 Å². The zero-order valence-electron chi connectivity index (χ0n) is 8.96. The smallest absolute Gasteiger partial charge is 0.0367 e. The monoisotopic (exact) mass is 268 g/mol. The third-order valence-corrected chi connectivity index (χ3v) is 4.03. The predicted octanol–water partition coefficient (Wildman–Crippen LogP) is 2.50. The zero-order chi connectivity index (χ0) is 11.1. The van der Waals surface area contributed by atoms with Gasteiger partial charge < -0.3 is 11.5 Å². The first-order valence-corrected chi connectivity index (χ1v) is 6.10. The molecule has 0 saturated heterocycles. The van der Waals surface area contributed by atoms with E-state index in [1.807, 2.05) is 6.07 Å². The first kappa shape index (κ1) is 11.1. The second kappa shape index (κ2) is 3.89. The number of nitrogens with two attached hydrogens (primary N) is 2. The highest BCUT2D eigenvalue weighted by Gasteiger charge is 2.47. The first-order chi connectivity index (χ1) is 7.09. The Kier molecular flexibility index (Phi) is 2.88. The Hall–Kier alpha value is -0.380. The molecule has 2 rings (SSSR count). The van der Waals surface area contributed by atoms with E-state index in [9.17, 15) is 0 Å². The van der Waals surface area contributed by atoms with Crippen molar-refractivity contribution in [1.82, 2.24) is 0 Å². The highest BCUT2D eigenvalue weighted by Crippen LogP contribution is 2.53. The van der Waals surface area contributed by atoms with Crippen LogP contribution >= 0.6 is 15.9 Å². The summed E-state index contributed by atoms with van der Waals surface area (Å²) in [5.74, 6) is 0. The Balaban J connectivity index is 2.32. The van der Waals surface area contributed by atoms with Crippen LogP contribution in [-0.4, -0.2) is 6.54 Å². The third kappa shape index (κ3) is 1.96. The molecular weight excluding hydrogens is 252 g/mol. The minimum absolute atomic E-state index is 0.0833. The van der Waals surface area contributed by atoms with E-state index in [1.165, 1.54) is 11.1 Å². The number of halogens is 1. The van der Waals surface area contributed by atoms with E-state index in [0.29, 0.717) is 6.54 Å². The van der Waals surface area contributed by atoms with E-state index < -0.39 is 0 Å². The van der Waals surface area contributed by atoms with Crippen LogP contribution in [0.2, 0.25) is 0 Å². The van der Waals surface area contributed by atoms with Crippen molar-refractivity contribution in [3.8, 4) is 0 Å². The molecule has 1 aromatic carbocycles. The molecule has 1 atom stereocenters. The molecule has 0 spiro atoms. The van der Waals surface area contributed by atoms with E-state index in [-0.39, 0.29) is 11.5 Å². The molecular formula is C12H17BrN2. The standard InChI is InChI=1S/C12H17BrN2/c1-8-2-3-9(13)6-10(8)11(15)12(7-14)4-5-12/h2-3,6,11H,4-5,7,14-15H2,1H3. The fourth-order valence-corrected chi connectivity index (χ4v) is 2.46. The largest absolute Gasteiger partial charge is 0.330 e. The second-order valence-corrected chi connectivity index (χ2v) is 5.46. The fraction of sp³-hybridized carbons (Fsp3) is 0.500. The summed E-state index contributed by atoms with van der Waals surface area (Å²) in [6.07, 6.45) is 2.33. The number of benzene rings is 1. The summed E-state index contributed by atoms with van der Waals surface area (Å²) in [7, 11) is 0. The number of aryl methyl sites for hydroxylation is 1. The molecule has 0 radical (unpaired) electrons. The minimum atomic E-state index is 0.0833. The van der Waals surface area contributed by atoms with Crippen LogP contribution in [0.5, 0.6) is 0 Å². The summed E-state index contributed by atoms with van der Waals surface area (Å²) in [5, 5.41) is 0. The van der Waals surface area contributed by atoms with Gasteiger partial charge in [0.05, 0.1) is 0 Å². The van der Waals surface area contributed by atoms with Gasteiger partial charge in [-0.15, -0.1) is 0 Å². The maximum Gasteiger partial charge on any atom is 0.0367 e. The SMILES string of the molecule is Cc1ccc(Br)cc1C(N)C1(CN)CC1. The molecule has 15 heavy (non-hydrogen) atoms. The van der Waals surface area contributed by atoms with E-state index in [0.717, 1.165) is 17.3 Å². The normalized spacial score (nSPS) is 20.0. The van der Waals surface area contributed by atoms with Crippen molar-refractivity contribution in [2.24, 2.45) is 16.9 Å². The van der Waals surface area contributed by atoms with Crippen molar-refractivity contribution in [1.29, 1.82) is 0 Å². The van der Waals surface area contributed by atoms with Crippen LogP contribution in [0, 0.1) is 12.3 Å². The molecule has 0 bridgehead atoms. The Labute approximate surface area is 99.2 Å². The average Bonchev–Trinajstić information content (AvgIpc) is 3.01. The van der Waals surface area contributed by atoms with E-state index >= 15 is 0 Å². The quantitative estimate of drug-likeness (QED) is 0.885. The Morgan fingerprint density at radius 3 is 2.67 bits per heavy atom. The van der Waals surface area contributed by atoms with Gasteiger partial charge in [-0.3, -0.25) is 0 Å². The molecule has 1 aliphatic carbocycles. The number of hydrogen-bond acceptors (Lipinski definition) is 2. The maximum atomic E-state index is 6.31. The molecule has 0 amide bonds. The molecule has 0 heterocycles. The highest BCUT2D eigenvalue weighted by molar-refractivity contribution is 9.10. The number of hydrogen-bond donors (Lipinski definition) is 2. The topological polar surface area (TPSA) is 52.0 Å². The van der Waals surface area contributed by atoms with Crippen LogP contribution in [-0.2, 0) is 0 Å². The minimum Gasteiger partial charge on any atom is -0.330 e. The highest BCUT2D eigenvalue weighted by atomic mass is 79.9. The lowest BCUT2D eigenvalue weighted by molar-refractivity contribution is 0.417. The lowest BCUT2D eigenvalue weighted by Gasteiger charge is -2.23. The van der Waals surface area contributed by atoms with Crippen molar-refractivity contribution in [2.45, 2.75) is 25.8 Å². The molecule has 0 aromatic heterocycles. The average molecular weight is 269 g/mol. The summed E-state index contributed by atoms with van der Waals surface area (Å²) < 4.78 is 1.09. The lowest BCUT2D eigenvalue weighted by atomic mass is 9.88. The van der Waals surface area contributed by atoms with Crippen molar-refractivity contribution in [3.63, 3.8) is 0 Å². The second-order valence-electron chi connectivity index (χ2n) is 4.55. The van der Waals surface area contributed by atoms with Gasteiger partial charge in [-0.05, 0) is 49.6 Å². The van der Waals surface area contributed by atoms with Gasteiger partial charge in [-0.25, -0.2) is 0 Å². The van der Waals surface area contributed by atoms with Gasteiger partial charge >= 0.3 is 0 Å². The van der Waals surface area contributed by atoms with Gasteiger partial charge in [-0.1, -0.05) is 22.0 Å². The summed E-state index contributed by atoms with van der Waals surface area (Å²) in [6, 6.07) is 6.36. The van der Waals surface area contributed by atoms with Crippen LogP contribution in [0.15, 0.2) is 22.7 Å². The Morgan fingerprint density at radius 2 is 2.13 bits per heavy atom. The van der Waals surface area contributed by atoms with Crippen LogP contribution in [0.4, 0.5) is 0 Å². The van der Waals surface area contributed by atoms with Gasteiger partial charge in [-0.2, -0.15) is 0 Å². The lowest BCUT2D eigenvalue weighted by Crippen LogP contribution is -2.30. The van der Waals surface area contributed by atoms with Crippen molar-refractivity contribution in [2.75, 3.05) is 6.54 Å². The molecule has 82 valence electrons. The Morgan fingerprint density at radius 1 is 1.47 bits per heavy atom. The van der Waals surface area contributed by atoms with Crippen molar-refractivity contribution < 1.29 is 0 Å². The van der Waals surface area contributed by atoms with Gasteiger partial charge in [0.25, 0.3) is 0 Å². The molecule has 3 heteroatoms. The van der Waals surface area contributed by atoms with Gasteiger partial charge in [0.1, 0.15) is 0 Å². The molecule has 1 fully saturated rings. The van der Waals surface area contributed by atoms with E-state index in [1.54, 1.807) is 0 Å². The molecule has 1 unspecified atom stereocenters. The molecule has 4 N–H and O–H groups in total.